The minimum absolute atomic E-state index is 0.0529. The van der Waals surface area contributed by atoms with E-state index in [9.17, 15) is 19.7 Å². The summed E-state index contributed by atoms with van der Waals surface area (Å²) in [5.74, 6) is -1.45. The molecule has 0 spiro atoms. The van der Waals surface area contributed by atoms with E-state index >= 15 is 0 Å². The number of benzene rings is 1. The molecule has 1 amide bonds. The first kappa shape index (κ1) is 12.3. The highest BCUT2D eigenvalue weighted by Crippen LogP contribution is 2.31. The van der Waals surface area contributed by atoms with Gasteiger partial charge >= 0.3 is 0 Å². The number of ketones is 1. The number of nitro groups is 1. The molecule has 0 aliphatic carbocycles. The van der Waals surface area contributed by atoms with Crippen LogP contribution in [0, 0.1) is 10.1 Å². The van der Waals surface area contributed by atoms with Gasteiger partial charge in [-0.05, 0) is 6.07 Å². The molecule has 92 valence electrons. The van der Waals surface area contributed by atoms with Gasteiger partial charge in [-0.25, -0.2) is 0 Å². The highest BCUT2D eigenvalue weighted by molar-refractivity contribution is 6.52. The molecule has 7 heteroatoms. The lowest BCUT2D eigenvalue weighted by atomic mass is 10.1. The highest BCUT2D eigenvalue weighted by Gasteiger charge is 2.36. The molecule has 0 saturated carbocycles. The van der Waals surface area contributed by atoms with Crippen LogP contribution in [0.4, 0.5) is 11.4 Å². The molecule has 2 rings (SSSR count). The van der Waals surface area contributed by atoms with Crippen molar-refractivity contribution < 1.29 is 14.5 Å². The van der Waals surface area contributed by atoms with Crippen molar-refractivity contribution in [1.82, 2.24) is 0 Å². The van der Waals surface area contributed by atoms with Gasteiger partial charge in [0.15, 0.2) is 0 Å². The Bertz CT molecular complexity index is 582. The predicted molar refractivity (Wildman–Crippen MR) is 64.8 cm³/mol. The number of carbonyl (C=O) groups is 2. The molecule has 1 aliphatic heterocycles. The summed E-state index contributed by atoms with van der Waals surface area (Å²) in [6.45, 7) is 0.152. The Morgan fingerprint density at radius 1 is 1.39 bits per heavy atom. The van der Waals surface area contributed by atoms with Crippen molar-refractivity contribution in [2.24, 2.45) is 0 Å². The second-order valence-electron chi connectivity index (χ2n) is 3.57. The molecule has 1 aromatic rings. The Morgan fingerprint density at radius 2 is 2.11 bits per heavy atom. The standard InChI is InChI=1S/C11H7ClN2O4/c12-4-1-5-13-9-3-2-7(14(17)18)6-8(9)10(15)11(13)16/h1-4,6H,5H2/b4-1+. The van der Waals surface area contributed by atoms with Gasteiger partial charge in [-0.1, -0.05) is 17.7 Å². The number of Topliss-reactive ketones (excluding diaryl/α,β-unsaturated/α-hetero) is 1. The topological polar surface area (TPSA) is 80.5 Å². The van der Waals surface area contributed by atoms with Crippen molar-refractivity contribution >= 4 is 34.7 Å². The second-order valence-corrected chi connectivity index (χ2v) is 3.82. The molecule has 0 unspecified atom stereocenters. The number of hydrogen-bond donors (Lipinski definition) is 0. The van der Waals surface area contributed by atoms with Crippen molar-refractivity contribution in [3.8, 4) is 0 Å². The van der Waals surface area contributed by atoms with Crippen LogP contribution in [0.25, 0.3) is 0 Å². The summed E-state index contributed by atoms with van der Waals surface area (Å²) in [5.41, 5.74) is 1.44. The van der Waals surface area contributed by atoms with E-state index in [4.69, 9.17) is 11.6 Å². The van der Waals surface area contributed by atoms with Gasteiger partial charge in [0.05, 0.1) is 16.2 Å². The van der Waals surface area contributed by atoms with Crippen LogP contribution in [0.2, 0.25) is 0 Å². The molecular weight excluding hydrogens is 260 g/mol. The first-order valence-corrected chi connectivity index (χ1v) is 5.39. The van der Waals surface area contributed by atoms with Gasteiger partial charge in [-0.2, -0.15) is 0 Å². The zero-order chi connectivity index (χ0) is 13.3. The van der Waals surface area contributed by atoms with E-state index in [0.717, 1.165) is 6.07 Å². The highest BCUT2D eigenvalue weighted by atomic mass is 35.5. The number of anilines is 1. The molecule has 18 heavy (non-hydrogen) atoms. The Labute approximate surface area is 107 Å². The number of non-ortho nitro benzene ring substituents is 1. The van der Waals surface area contributed by atoms with Crippen LogP contribution in [-0.4, -0.2) is 23.2 Å². The lowest BCUT2D eigenvalue weighted by Crippen LogP contribution is -2.29. The van der Waals surface area contributed by atoms with Gasteiger partial charge in [-0.3, -0.25) is 19.7 Å². The molecule has 0 atom stereocenters. The van der Waals surface area contributed by atoms with Crippen molar-refractivity contribution in [3.63, 3.8) is 0 Å². The Hall–Kier alpha value is -2.21. The van der Waals surface area contributed by atoms with Crippen LogP contribution in [0.5, 0.6) is 0 Å². The summed E-state index contributed by atoms with van der Waals surface area (Å²) < 4.78 is 0. The number of nitro benzene ring substituents is 1. The molecule has 1 aromatic carbocycles. The van der Waals surface area contributed by atoms with Crippen molar-refractivity contribution in [2.75, 3.05) is 11.4 Å². The van der Waals surface area contributed by atoms with E-state index in [0.29, 0.717) is 5.69 Å². The van der Waals surface area contributed by atoms with Crippen LogP contribution in [-0.2, 0) is 4.79 Å². The number of hydrogen-bond acceptors (Lipinski definition) is 4. The minimum atomic E-state index is -0.739. The largest absolute Gasteiger partial charge is 0.301 e. The normalized spacial score (nSPS) is 14.4. The number of halogens is 1. The van der Waals surface area contributed by atoms with Crippen molar-refractivity contribution in [2.45, 2.75) is 0 Å². The van der Waals surface area contributed by atoms with Crippen molar-refractivity contribution in [3.05, 3.63) is 45.5 Å². The van der Waals surface area contributed by atoms with Crippen LogP contribution in [0.1, 0.15) is 10.4 Å². The van der Waals surface area contributed by atoms with Crippen LogP contribution in [0.3, 0.4) is 0 Å². The van der Waals surface area contributed by atoms with Crippen LogP contribution in [0.15, 0.2) is 29.8 Å². The zero-order valence-corrected chi connectivity index (χ0v) is 9.76. The van der Waals surface area contributed by atoms with Gasteiger partial charge in [0.1, 0.15) is 0 Å². The molecule has 0 fully saturated rings. The summed E-state index contributed by atoms with van der Waals surface area (Å²) in [7, 11) is 0. The molecule has 6 nitrogen and oxygen atoms in total. The monoisotopic (exact) mass is 266 g/mol. The average Bonchev–Trinajstić information content (AvgIpc) is 2.60. The summed E-state index contributed by atoms with van der Waals surface area (Å²) in [6.07, 6.45) is 1.50. The third kappa shape index (κ3) is 1.86. The fraction of sp³-hybridized carbons (Fsp3) is 0.0909. The Kier molecular flexibility index (Phi) is 3.12. The number of nitrogens with zero attached hydrogens (tertiary/aromatic N) is 2. The lowest BCUT2D eigenvalue weighted by molar-refractivity contribution is -0.384. The van der Waals surface area contributed by atoms with E-state index in [1.165, 1.54) is 28.6 Å². The van der Waals surface area contributed by atoms with E-state index in [2.05, 4.69) is 0 Å². The molecular formula is C11H7ClN2O4. The van der Waals surface area contributed by atoms with E-state index < -0.39 is 16.6 Å². The SMILES string of the molecule is O=C1C(=O)N(C/C=C/Cl)c2ccc([N+](=O)[O-])cc21. The second kappa shape index (κ2) is 4.58. The van der Waals surface area contributed by atoms with Gasteiger partial charge in [0.25, 0.3) is 17.4 Å². The summed E-state index contributed by atoms with van der Waals surface area (Å²) >= 11 is 5.37. The molecule has 0 aromatic heterocycles. The van der Waals surface area contributed by atoms with Crippen LogP contribution >= 0.6 is 11.6 Å². The van der Waals surface area contributed by atoms with Gasteiger partial charge < -0.3 is 4.90 Å². The summed E-state index contributed by atoms with van der Waals surface area (Å²) in [5, 5.41) is 10.6. The zero-order valence-electron chi connectivity index (χ0n) is 9.00. The summed E-state index contributed by atoms with van der Waals surface area (Å²) in [6, 6.07) is 3.75. The third-order valence-corrected chi connectivity index (χ3v) is 2.72. The maximum absolute atomic E-state index is 11.7. The maximum atomic E-state index is 11.7. The van der Waals surface area contributed by atoms with Gasteiger partial charge in [0.2, 0.25) is 0 Å². The molecule has 0 bridgehead atoms. The first-order valence-electron chi connectivity index (χ1n) is 4.96. The number of rotatable bonds is 3. The maximum Gasteiger partial charge on any atom is 0.299 e. The summed E-state index contributed by atoms with van der Waals surface area (Å²) in [4.78, 5) is 34.6. The number of carbonyl (C=O) groups excluding carboxylic acids is 2. The molecule has 1 heterocycles. The number of amides is 1. The van der Waals surface area contributed by atoms with Gasteiger partial charge in [0, 0.05) is 24.2 Å². The molecule has 0 radical (unpaired) electrons. The van der Waals surface area contributed by atoms with Gasteiger partial charge in [-0.15, -0.1) is 0 Å². The molecule has 0 N–H and O–H groups in total. The van der Waals surface area contributed by atoms with E-state index in [1.807, 2.05) is 0 Å². The van der Waals surface area contributed by atoms with E-state index in [1.54, 1.807) is 0 Å². The fourth-order valence-electron chi connectivity index (χ4n) is 1.73. The fourth-order valence-corrected chi connectivity index (χ4v) is 1.81. The molecule has 0 saturated heterocycles. The smallest absolute Gasteiger partial charge is 0.299 e. The van der Waals surface area contributed by atoms with E-state index in [-0.39, 0.29) is 17.8 Å². The van der Waals surface area contributed by atoms with Crippen molar-refractivity contribution in [1.29, 1.82) is 0 Å². The van der Waals surface area contributed by atoms with Crippen LogP contribution < -0.4 is 4.90 Å². The lowest BCUT2D eigenvalue weighted by Gasteiger charge is -2.13. The predicted octanol–water partition coefficient (Wildman–Crippen LogP) is 1.88. The number of fused-ring (bicyclic) bond motifs is 1. The molecule has 1 aliphatic rings. The Morgan fingerprint density at radius 3 is 2.72 bits per heavy atom. The first-order chi connectivity index (χ1) is 8.56. The quantitative estimate of drug-likeness (QED) is 0.475. The Balaban J connectivity index is 2.47. The average molecular weight is 267 g/mol. The minimum Gasteiger partial charge on any atom is -0.301 e. The third-order valence-electron chi connectivity index (χ3n) is 2.54.